The number of nitrogens with zero attached hydrogens (tertiary/aromatic N) is 4. The van der Waals surface area contributed by atoms with Crippen molar-refractivity contribution in [3.8, 4) is 0 Å². The lowest BCUT2D eigenvalue weighted by Gasteiger charge is -2.04. The third-order valence-electron chi connectivity index (χ3n) is 5.06. The molecule has 0 aliphatic rings. The summed E-state index contributed by atoms with van der Waals surface area (Å²) in [5.41, 5.74) is 4.77. The van der Waals surface area contributed by atoms with Crippen molar-refractivity contribution in [1.29, 1.82) is 0 Å². The van der Waals surface area contributed by atoms with Gasteiger partial charge in [0.15, 0.2) is 0 Å². The number of rotatable bonds is 5. The topological polar surface area (TPSA) is 35.6 Å². The molecule has 0 saturated carbocycles. The molecule has 0 bridgehead atoms. The molecule has 0 amide bonds. The van der Waals surface area contributed by atoms with E-state index in [1.54, 1.807) is 0 Å². The van der Waals surface area contributed by atoms with Crippen molar-refractivity contribution < 1.29 is 0 Å². The highest BCUT2D eigenvalue weighted by atomic mass is 15.4. The van der Waals surface area contributed by atoms with Gasteiger partial charge in [-0.3, -0.25) is 4.68 Å². The van der Waals surface area contributed by atoms with E-state index in [2.05, 4.69) is 93.9 Å². The molecule has 27 heavy (non-hydrogen) atoms. The average Bonchev–Trinajstić information content (AvgIpc) is 3.31. The molecule has 0 unspecified atom stereocenters. The average molecular weight is 352 g/mol. The number of hydrogen-bond acceptors (Lipinski definition) is 2. The van der Waals surface area contributed by atoms with Crippen LogP contribution in [-0.4, -0.2) is 19.6 Å². The molecule has 0 N–H and O–H groups in total. The van der Waals surface area contributed by atoms with Crippen molar-refractivity contribution in [3.05, 3.63) is 96.3 Å². The minimum atomic E-state index is 0.722. The Morgan fingerprint density at radius 3 is 2.04 bits per heavy atom. The molecule has 0 aliphatic heterocycles. The van der Waals surface area contributed by atoms with Crippen LogP contribution in [0.1, 0.15) is 11.3 Å². The normalized spacial score (nSPS) is 11.4. The predicted molar refractivity (Wildman–Crippen MR) is 109 cm³/mol. The molecule has 0 aliphatic carbocycles. The van der Waals surface area contributed by atoms with Crippen LogP contribution in [0.5, 0.6) is 0 Å². The molecular weight excluding hydrogens is 332 g/mol. The highest BCUT2D eigenvalue weighted by Gasteiger charge is 2.11. The van der Waals surface area contributed by atoms with Crippen molar-refractivity contribution in [2.75, 3.05) is 0 Å². The number of para-hydroxylation sites is 2. The number of aromatic nitrogens is 4. The van der Waals surface area contributed by atoms with Gasteiger partial charge in [0.1, 0.15) is 5.69 Å². The van der Waals surface area contributed by atoms with Gasteiger partial charge in [0.2, 0.25) is 0 Å². The third kappa shape index (κ3) is 2.99. The van der Waals surface area contributed by atoms with Crippen LogP contribution in [0.2, 0.25) is 0 Å². The highest BCUT2D eigenvalue weighted by Crippen LogP contribution is 2.29. The van der Waals surface area contributed by atoms with Gasteiger partial charge in [0, 0.05) is 28.4 Å². The van der Waals surface area contributed by atoms with Crippen LogP contribution >= 0.6 is 0 Å². The van der Waals surface area contributed by atoms with Gasteiger partial charge in [-0.05, 0) is 24.1 Å². The van der Waals surface area contributed by atoms with E-state index in [0.29, 0.717) is 0 Å². The van der Waals surface area contributed by atoms with Crippen molar-refractivity contribution in [2.45, 2.75) is 19.5 Å². The second-order valence-corrected chi connectivity index (χ2v) is 6.83. The summed E-state index contributed by atoms with van der Waals surface area (Å²) >= 11 is 0. The van der Waals surface area contributed by atoms with Crippen LogP contribution in [-0.2, 0) is 19.5 Å². The molecule has 0 fully saturated rings. The molecule has 5 aromatic rings. The van der Waals surface area contributed by atoms with E-state index in [1.165, 1.54) is 27.4 Å². The Morgan fingerprint density at radius 2 is 1.33 bits per heavy atom. The Labute approximate surface area is 157 Å². The maximum atomic E-state index is 4.41. The Balaban J connectivity index is 1.43. The number of fused-ring (bicyclic) bond motifs is 3. The maximum absolute atomic E-state index is 4.41. The fourth-order valence-corrected chi connectivity index (χ4v) is 3.74. The lowest BCUT2D eigenvalue weighted by molar-refractivity contribution is 0.589. The fourth-order valence-electron chi connectivity index (χ4n) is 3.74. The Kier molecular flexibility index (Phi) is 3.94. The SMILES string of the molecule is c1ccc(CCn2cc(Cn3c4ccccc4c4ccccc43)nn2)cc1. The van der Waals surface area contributed by atoms with Crippen LogP contribution in [0, 0.1) is 0 Å². The van der Waals surface area contributed by atoms with E-state index in [-0.39, 0.29) is 0 Å². The first kappa shape index (κ1) is 15.8. The molecule has 0 atom stereocenters. The number of hydrogen-bond donors (Lipinski definition) is 0. The van der Waals surface area contributed by atoms with Crippen LogP contribution < -0.4 is 0 Å². The van der Waals surface area contributed by atoms with E-state index in [1.807, 2.05) is 10.7 Å². The van der Waals surface area contributed by atoms with Crippen LogP contribution in [0.25, 0.3) is 21.8 Å². The van der Waals surface area contributed by atoms with Gasteiger partial charge in [-0.15, -0.1) is 5.10 Å². The van der Waals surface area contributed by atoms with Crippen LogP contribution in [0.3, 0.4) is 0 Å². The quantitative estimate of drug-likeness (QED) is 0.460. The molecule has 0 saturated heterocycles. The Morgan fingerprint density at radius 1 is 0.704 bits per heavy atom. The number of benzene rings is 3. The first-order valence-electron chi connectivity index (χ1n) is 9.27. The Bertz CT molecular complexity index is 1150. The third-order valence-corrected chi connectivity index (χ3v) is 5.06. The molecule has 2 heterocycles. The van der Waals surface area contributed by atoms with Gasteiger partial charge >= 0.3 is 0 Å². The molecule has 0 radical (unpaired) electrons. The van der Waals surface area contributed by atoms with Crippen LogP contribution in [0.15, 0.2) is 85.1 Å². The summed E-state index contributed by atoms with van der Waals surface area (Å²) in [5, 5.41) is 11.3. The van der Waals surface area contributed by atoms with Crippen molar-refractivity contribution >= 4 is 21.8 Å². The van der Waals surface area contributed by atoms with Gasteiger partial charge in [0.05, 0.1) is 12.7 Å². The molecule has 0 spiro atoms. The smallest absolute Gasteiger partial charge is 0.102 e. The summed E-state index contributed by atoms with van der Waals surface area (Å²) in [6.07, 6.45) is 3.02. The zero-order chi connectivity index (χ0) is 18.1. The molecular formula is C23H20N4. The summed E-state index contributed by atoms with van der Waals surface area (Å²) in [6, 6.07) is 27.6. The lowest BCUT2D eigenvalue weighted by Crippen LogP contribution is -2.02. The minimum absolute atomic E-state index is 0.722. The van der Waals surface area contributed by atoms with Gasteiger partial charge in [0.25, 0.3) is 0 Å². The molecule has 4 nitrogen and oxygen atoms in total. The minimum Gasteiger partial charge on any atom is -0.334 e. The van der Waals surface area contributed by atoms with E-state index in [0.717, 1.165) is 25.2 Å². The van der Waals surface area contributed by atoms with Gasteiger partial charge < -0.3 is 4.57 Å². The van der Waals surface area contributed by atoms with E-state index in [9.17, 15) is 0 Å². The van der Waals surface area contributed by atoms with Crippen molar-refractivity contribution in [3.63, 3.8) is 0 Å². The first-order chi connectivity index (χ1) is 13.4. The maximum Gasteiger partial charge on any atom is 0.102 e. The zero-order valence-corrected chi connectivity index (χ0v) is 15.0. The van der Waals surface area contributed by atoms with Gasteiger partial charge in [-0.2, -0.15) is 0 Å². The molecule has 5 rings (SSSR count). The summed E-state index contributed by atoms with van der Waals surface area (Å²) in [5.74, 6) is 0. The monoisotopic (exact) mass is 352 g/mol. The van der Waals surface area contributed by atoms with Crippen molar-refractivity contribution in [2.24, 2.45) is 0 Å². The zero-order valence-electron chi connectivity index (χ0n) is 15.0. The predicted octanol–water partition coefficient (Wildman–Crippen LogP) is 4.68. The largest absolute Gasteiger partial charge is 0.334 e. The summed E-state index contributed by atoms with van der Waals surface area (Å²) in [7, 11) is 0. The van der Waals surface area contributed by atoms with Crippen molar-refractivity contribution in [1.82, 2.24) is 19.6 Å². The standard InChI is InChI=1S/C23H20N4/c1-2-8-18(9-3-1)14-15-26-16-19(24-25-26)17-27-22-12-6-4-10-20(22)21-11-5-7-13-23(21)27/h1-13,16H,14-15,17H2. The molecule has 4 heteroatoms. The summed E-state index contributed by atoms with van der Waals surface area (Å²) in [4.78, 5) is 0. The lowest BCUT2D eigenvalue weighted by atomic mass is 10.1. The molecule has 2 aromatic heterocycles. The number of aryl methyl sites for hydroxylation is 2. The Hall–Kier alpha value is -3.40. The van der Waals surface area contributed by atoms with E-state index >= 15 is 0 Å². The van der Waals surface area contributed by atoms with E-state index in [4.69, 9.17) is 0 Å². The second kappa shape index (κ2) is 6.72. The molecule has 3 aromatic carbocycles. The highest BCUT2D eigenvalue weighted by molar-refractivity contribution is 6.07. The van der Waals surface area contributed by atoms with Gasteiger partial charge in [-0.25, -0.2) is 0 Å². The fraction of sp³-hybridized carbons (Fsp3) is 0.130. The van der Waals surface area contributed by atoms with E-state index < -0.39 is 0 Å². The summed E-state index contributed by atoms with van der Waals surface area (Å²) < 4.78 is 4.27. The van der Waals surface area contributed by atoms with Gasteiger partial charge in [-0.1, -0.05) is 71.9 Å². The summed E-state index contributed by atoms with van der Waals surface area (Å²) in [6.45, 7) is 1.56. The second-order valence-electron chi connectivity index (χ2n) is 6.83. The first-order valence-corrected chi connectivity index (χ1v) is 9.27. The van der Waals surface area contributed by atoms with Crippen LogP contribution in [0.4, 0.5) is 0 Å². The molecule has 132 valence electrons.